The molecule has 1 amide bonds. The first kappa shape index (κ1) is 23.2. The summed E-state index contributed by atoms with van der Waals surface area (Å²) in [6.07, 6.45) is 0.731. The smallest absolute Gasteiger partial charge is 0.236 e. The Labute approximate surface area is 141 Å². The van der Waals surface area contributed by atoms with E-state index in [1.165, 1.54) is 0 Å². The number of nitrogens with one attached hydrogen (secondary N) is 1. The van der Waals surface area contributed by atoms with Gasteiger partial charge in [-0.3, -0.25) is 9.69 Å². The van der Waals surface area contributed by atoms with Gasteiger partial charge in [-0.1, -0.05) is 13.8 Å². The Hall–Kier alpha value is -0.0700. The van der Waals surface area contributed by atoms with Crippen LogP contribution >= 0.6 is 24.8 Å². The maximum absolute atomic E-state index is 11.8. The van der Waals surface area contributed by atoms with Crippen molar-refractivity contribution in [3.05, 3.63) is 0 Å². The van der Waals surface area contributed by atoms with E-state index < -0.39 is 6.04 Å². The second-order valence-corrected chi connectivity index (χ2v) is 6.38. The van der Waals surface area contributed by atoms with Gasteiger partial charge in [0.05, 0.1) is 19.3 Å². The molecule has 0 aliphatic carbocycles. The average molecular weight is 344 g/mol. The summed E-state index contributed by atoms with van der Waals surface area (Å²) in [6.45, 7) is 12.4. The molecule has 1 rings (SSSR count). The maximum atomic E-state index is 11.8. The molecule has 7 heteroatoms. The Morgan fingerprint density at radius 1 is 1.38 bits per heavy atom. The molecule has 5 nitrogen and oxygen atoms in total. The molecule has 128 valence electrons. The van der Waals surface area contributed by atoms with Crippen molar-refractivity contribution in [3.8, 4) is 0 Å². The minimum atomic E-state index is -0.391. The molecule has 0 aromatic carbocycles. The zero-order valence-corrected chi connectivity index (χ0v) is 15.2. The molecule has 0 aromatic heterocycles. The Kier molecular flexibility index (Phi) is 11.7. The van der Waals surface area contributed by atoms with Crippen LogP contribution < -0.4 is 11.1 Å². The van der Waals surface area contributed by atoms with E-state index in [-0.39, 0.29) is 36.3 Å². The quantitative estimate of drug-likeness (QED) is 0.765. The van der Waals surface area contributed by atoms with E-state index in [0.717, 1.165) is 32.7 Å². The van der Waals surface area contributed by atoms with E-state index in [2.05, 4.69) is 37.9 Å². The highest BCUT2D eigenvalue weighted by Gasteiger charge is 2.30. The molecule has 3 N–H and O–H groups in total. The van der Waals surface area contributed by atoms with Gasteiger partial charge in [-0.15, -0.1) is 24.8 Å². The fourth-order valence-electron chi connectivity index (χ4n) is 2.37. The molecule has 0 aromatic rings. The summed E-state index contributed by atoms with van der Waals surface area (Å²) in [4.78, 5) is 14.2. The van der Waals surface area contributed by atoms with Crippen molar-refractivity contribution in [2.45, 2.75) is 45.7 Å². The van der Waals surface area contributed by atoms with Crippen LogP contribution in [0.2, 0.25) is 0 Å². The lowest BCUT2D eigenvalue weighted by Crippen LogP contribution is -2.55. The number of rotatable bonds is 6. The van der Waals surface area contributed by atoms with Gasteiger partial charge < -0.3 is 15.8 Å². The van der Waals surface area contributed by atoms with Crippen LogP contribution in [0.3, 0.4) is 0 Å². The Bertz CT molecular complexity index is 302. The number of ether oxygens (including phenoxy) is 1. The number of nitrogens with two attached hydrogens (primary N) is 1. The average Bonchev–Trinajstić information content (AvgIpc) is 2.30. The van der Waals surface area contributed by atoms with Crippen molar-refractivity contribution in [1.82, 2.24) is 10.2 Å². The van der Waals surface area contributed by atoms with Crippen LogP contribution in [-0.2, 0) is 9.53 Å². The van der Waals surface area contributed by atoms with Crippen LogP contribution in [0.5, 0.6) is 0 Å². The van der Waals surface area contributed by atoms with Gasteiger partial charge in [0.15, 0.2) is 0 Å². The fraction of sp³-hybridized carbons (Fsp3) is 0.929. The minimum Gasteiger partial charge on any atom is -0.378 e. The Morgan fingerprint density at radius 2 is 2.00 bits per heavy atom. The minimum absolute atomic E-state index is 0. The number of morpholine rings is 1. The number of nitrogens with zero attached hydrogens (tertiary/aromatic N) is 1. The molecule has 21 heavy (non-hydrogen) atoms. The van der Waals surface area contributed by atoms with Crippen LogP contribution in [0.25, 0.3) is 0 Å². The van der Waals surface area contributed by atoms with Crippen molar-refractivity contribution < 1.29 is 9.53 Å². The lowest BCUT2D eigenvalue weighted by atomic mass is 10.0. The van der Waals surface area contributed by atoms with Gasteiger partial charge in [0.1, 0.15) is 0 Å². The second kappa shape index (κ2) is 10.6. The molecule has 1 aliphatic rings. The first-order chi connectivity index (χ1) is 8.83. The summed E-state index contributed by atoms with van der Waals surface area (Å²) >= 11 is 0. The molecule has 1 atom stereocenters. The van der Waals surface area contributed by atoms with Gasteiger partial charge in [0, 0.05) is 25.2 Å². The van der Waals surface area contributed by atoms with E-state index in [4.69, 9.17) is 10.5 Å². The molecule has 1 aliphatic heterocycles. The summed E-state index contributed by atoms with van der Waals surface area (Å²) < 4.78 is 5.48. The lowest BCUT2D eigenvalue weighted by Gasteiger charge is -2.42. The third-order valence-electron chi connectivity index (χ3n) is 3.56. The van der Waals surface area contributed by atoms with Crippen LogP contribution in [0.1, 0.15) is 34.1 Å². The standard InChI is InChI=1S/C14H29N3O2.2ClH/c1-11(2)9-12(15)13(18)16-5-6-17-7-8-19-10-14(17,3)4;;/h11-12H,5-10,15H2,1-4H3,(H,16,18);2*1H/t12-;;/m0../s1. The monoisotopic (exact) mass is 343 g/mol. The molecular weight excluding hydrogens is 313 g/mol. The zero-order chi connectivity index (χ0) is 14.5. The van der Waals surface area contributed by atoms with Gasteiger partial charge in [0.25, 0.3) is 0 Å². The van der Waals surface area contributed by atoms with Crippen LogP contribution in [0, 0.1) is 5.92 Å². The molecule has 1 saturated heterocycles. The SMILES string of the molecule is CC(C)C[C@H](N)C(=O)NCCN1CCOCC1(C)C.Cl.Cl. The molecule has 1 fully saturated rings. The van der Waals surface area contributed by atoms with E-state index in [0.29, 0.717) is 12.5 Å². The highest BCUT2D eigenvalue weighted by atomic mass is 35.5. The van der Waals surface area contributed by atoms with E-state index >= 15 is 0 Å². The topological polar surface area (TPSA) is 67.6 Å². The number of amides is 1. The molecule has 0 radical (unpaired) electrons. The Balaban J connectivity index is 0. The van der Waals surface area contributed by atoms with Crippen molar-refractivity contribution >= 4 is 30.7 Å². The highest BCUT2D eigenvalue weighted by molar-refractivity contribution is 5.85. The third-order valence-corrected chi connectivity index (χ3v) is 3.56. The van der Waals surface area contributed by atoms with Gasteiger partial charge in [0.2, 0.25) is 5.91 Å². The fourth-order valence-corrected chi connectivity index (χ4v) is 2.37. The predicted molar refractivity (Wildman–Crippen MR) is 91.4 cm³/mol. The van der Waals surface area contributed by atoms with Crippen molar-refractivity contribution in [3.63, 3.8) is 0 Å². The maximum Gasteiger partial charge on any atom is 0.236 e. The zero-order valence-electron chi connectivity index (χ0n) is 13.6. The first-order valence-electron chi connectivity index (χ1n) is 7.19. The normalized spacial score (nSPS) is 19.3. The van der Waals surface area contributed by atoms with Crippen LogP contribution in [0.4, 0.5) is 0 Å². The predicted octanol–water partition coefficient (Wildman–Crippen LogP) is 1.43. The molecule has 0 saturated carbocycles. The first-order valence-corrected chi connectivity index (χ1v) is 7.19. The lowest BCUT2D eigenvalue weighted by molar-refractivity contribution is -0.123. The third kappa shape index (κ3) is 8.21. The van der Waals surface area contributed by atoms with Crippen molar-refractivity contribution in [2.75, 3.05) is 32.8 Å². The van der Waals surface area contributed by atoms with E-state index in [9.17, 15) is 4.79 Å². The number of hydrogen-bond acceptors (Lipinski definition) is 4. The second-order valence-electron chi connectivity index (χ2n) is 6.38. The molecule has 0 unspecified atom stereocenters. The number of hydrogen-bond donors (Lipinski definition) is 2. The van der Waals surface area contributed by atoms with Crippen LogP contribution in [0.15, 0.2) is 0 Å². The largest absolute Gasteiger partial charge is 0.378 e. The van der Waals surface area contributed by atoms with Crippen LogP contribution in [-0.4, -0.2) is 55.2 Å². The van der Waals surface area contributed by atoms with Gasteiger partial charge in [-0.05, 0) is 26.2 Å². The summed E-state index contributed by atoms with van der Waals surface area (Å²) in [5.74, 6) is 0.402. The van der Waals surface area contributed by atoms with Crippen molar-refractivity contribution in [1.29, 1.82) is 0 Å². The Morgan fingerprint density at radius 3 is 2.52 bits per heavy atom. The van der Waals surface area contributed by atoms with Gasteiger partial charge >= 0.3 is 0 Å². The summed E-state index contributed by atoms with van der Waals surface area (Å²) in [6, 6.07) is -0.391. The number of carbonyl (C=O) groups excluding carboxylic acids is 1. The highest BCUT2D eigenvalue weighted by Crippen LogP contribution is 2.17. The van der Waals surface area contributed by atoms with E-state index in [1.54, 1.807) is 0 Å². The molecule has 0 spiro atoms. The number of halogens is 2. The van der Waals surface area contributed by atoms with E-state index in [1.807, 2.05) is 0 Å². The van der Waals surface area contributed by atoms with Gasteiger partial charge in [-0.2, -0.15) is 0 Å². The molecule has 1 heterocycles. The van der Waals surface area contributed by atoms with Crippen molar-refractivity contribution in [2.24, 2.45) is 11.7 Å². The summed E-state index contributed by atoms with van der Waals surface area (Å²) in [7, 11) is 0. The van der Waals surface area contributed by atoms with Gasteiger partial charge in [-0.25, -0.2) is 0 Å². The summed E-state index contributed by atoms with van der Waals surface area (Å²) in [5, 5.41) is 2.93. The number of carbonyl (C=O) groups is 1. The summed E-state index contributed by atoms with van der Waals surface area (Å²) in [5.41, 5.74) is 5.89. The molecule has 0 bridgehead atoms. The molecular formula is C14H31Cl2N3O2.